The summed E-state index contributed by atoms with van der Waals surface area (Å²) < 4.78 is 1.89. The van der Waals surface area contributed by atoms with E-state index in [2.05, 4.69) is 10.2 Å². The van der Waals surface area contributed by atoms with Gasteiger partial charge in [-0.3, -0.25) is 9.36 Å². The minimum Gasteiger partial charge on any atom is -0.348 e. The van der Waals surface area contributed by atoms with Crippen LogP contribution in [0.2, 0.25) is 0 Å². The molecule has 0 aliphatic carbocycles. The summed E-state index contributed by atoms with van der Waals surface area (Å²) in [5, 5.41) is 8.54. The SMILES string of the molecule is CN(C)C(=O)C(Sc1nncn1-c1ccccc1)c1ccccc1. The monoisotopic (exact) mass is 338 g/mol. The van der Waals surface area contributed by atoms with Gasteiger partial charge >= 0.3 is 0 Å². The highest BCUT2D eigenvalue weighted by Crippen LogP contribution is 2.36. The summed E-state index contributed by atoms with van der Waals surface area (Å²) in [6.07, 6.45) is 1.67. The number of carbonyl (C=O) groups is 1. The third-order valence-corrected chi connectivity index (χ3v) is 4.74. The number of benzene rings is 2. The van der Waals surface area contributed by atoms with Crippen molar-refractivity contribution in [2.45, 2.75) is 10.4 Å². The Bertz CT molecular complexity index is 802. The standard InChI is InChI=1S/C18H18N4OS/c1-21(2)17(23)16(14-9-5-3-6-10-14)24-18-20-19-13-22(18)15-11-7-4-8-12-15/h3-13,16H,1-2H3. The molecular weight excluding hydrogens is 320 g/mol. The Morgan fingerprint density at radius 2 is 1.67 bits per heavy atom. The van der Waals surface area contributed by atoms with Gasteiger partial charge in [0.05, 0.1) is 0 Å². The molecule has 1 heterocycles. The Labute approximate surface area is 145 Å². The van der Waals surface area contributed by atoms with Crippen molar-refractivity contribution >= 4 is 17.7 Å². The molecule has 5 nitrogen and oxygen atoms in total. The van der Waals surface area contributed by atoms with Crippen molar-refractivity contribution in [3.8, 4) is 5.69 Å². The van der Waals surface area contributed by atoms with Gasteiger partial charge in [0.25, 0.3) is 0 Å². The number of hydrogen-bond donors (Lipinski definition) is 0. The summed E-state index contributed by atoms with van der Waals surface area (Å²) >= 11 is 1.40. The Morgan fingerprint density at radius 3 is 2.29 bits per heavy atom. The van der Waals surface area contributed by atoms with E-state index in [9.17, 15) is 4.79 Å². The van der Waals surface area contributed by atoms with Gasteiger partial charge in [-0.25, -0.2) is 0 Å². The van der Waals surface area contributed by atoms with Gasteiger partial charge in [0.15, 0.2) is 5.16 Å². The summed E-state index contributed by atoms with van der Waals surface area (Å²) in [5.41, 5.74) is 1.91. The van der Waals surface area contributed by atoms with Gasteiger partial charge < -0.3 is 4.90 Å². The molecule has 1 amide bonds. The minimum atomic E-state index is -0.368. The highest BCUT2D eigenvalue weighted by Gasteiger charge is 2.26. The average molecular weight is 338 g/mol. The van der Waals surface area contributed by atoms with E-state index in [1.54, 1.807) is 25.3 Å². The van der Waals surface area contributed by atoms with E-state index in [0.717, 1.165) is 11.3 Å². The van der Waals surface area contributed by atoms with Crippen LogP contribution in [0.25, 0.3) is 5.69 Å². The van der Waals surface area contributed by atoms with Crippen LogP contribution in [0.5, 0.6) is 0 Å². The highest BCUT2D eigenvalue weighted by molar-refractivity contribution is 8.00. The smallest absolute Gasteiger partial charge is 0.240 e. The third-order valence-electron chi connectivity index (χ3n) is 3.54. The first-order chi connectivity index (χ1) is 11.7. The lowest BCUT2D eigenvalue weighted by Gasteiger charge is -2.20. The molecule has 0 aliphatic rings. The van der Waals surface area contributed by atoms with Gasteiger partial charge in [-0.05, 0) is 17.7 Å². The van der Waals surface area contributed by atoms with Crippen LogP contribution in [0.15, 0.2) is 72.1 Å². The first-order valence-electron chi connectivity index (χ1n) is 7.55. The van der Waals surface area contributed by atoms with Crippen LogP contribution in [-0.4, -0.2) is 39.7 Å². The van der Waals surface area contributed by atoms with E-state index in [1.165, 1.54) is 11.8 Å². The lowest BCUT2D eigenvalue weighted by Crippen LogP contribution is -2.26. The molecule has 0 bridgehead atoms. The molecule has 0 fully saturated rings. The van der Waals surface area contributed by atoms with Crippen molar-refractivity contribution in [3.05, 3.63) is 72.6 Å². The topological polar surface area (TPSA) is 51.0 Å². The van der Waals surface area contributed by atoms with E-state index >= 15 is 0 Å². The zero-order valence-electron chi connectivity index (χ0n) is 13.5. The van der Waals surface area contributed by atoms with E-state index < -0.39 is 0 Å². The fourth-order valence-corrected chi connectivity index (χ4v) is 3.48. The van der Waals surface area contributed by atoms with Crippen LogP contribution in [0.3, 0.4) is 0 Å². The number of para-hydroxylation sites is 1. The quantitative estimate of drug-likeness (QED) is 0.671. The molecule has 3 aromatic rings. The van der Waals surface area contributed by atoms with Gasteiger partial charge in [0.2, 0.25) is 5.91 Å². The molecule has 122 valence electrons. The van der Waals surface area contributed by atoms with E-state index in [-0.39, 0.29) is 11.2 Å². The fourth-order valence-electron chi connectivity index (χ4n) is 2.30. The number of carbonyl (C=O) groups excluding carboxylic acids is 1. The van der Waals surface area contributed by atoms with Crippen LogP contribution in [0.4, 0.5) is 0 Å². The lowest BCUT2D eigenvalue weighted by molar-refractivity contribution is -0.128. The van der Waals surface area contributed by atoms with Gasteiger partial charge in [0.1, 0.15) is 11.6 Å². The third kappa shape index (κ3) is 3.49. The molecule has 6 heteroatoms. The Balaban J connectivity index is 1.95. The number of likely N-dealkylation sites (N-methyl/N-ethyl adjacent to an activating group) is 1. The van der Waals surface area contributed by atoms with E-state index in [0.29, 0.717) is 5.16 Å². The van der Waals surface area contributed by atoms with Crippen molar-refractivity contribution in [1.82, 2.24) is 19.7 Å². The first-order valence-corrected chi connectivity index (χ1v) is 8.43. The summed E-state index contributed by atoms with van der Waals surface area (Å²) in [5.74, 6) is 0.0220. The van der Waals surface area contributed by atoms with Crippen LogP contribution in [0.1, 0.15) is 10.8 Å². The van der Waals surface area contributed by atoms with E-state index in [4.69, 9.17) is 0 Å². The normalized spacial score (nSPS) is 11.9. The summed E-state index contributed by atoms with van der Waals surface area (Å²) in [6.45, 7) is 0. The predicted molar refractivity (Wildman–Crippen MR) is 95.1 cm³/mol. The number of thioether (sulfide) groups is 1. The van der Waals surface area contributed by atoms with E-state index in [1.807, 2.05) is 65.2 Å². The molecule has 2 aromatic carbocycles. The van der Waals surface area contributed by atoms with Crippen LogP contribution < -0.4 is 0 Å². The Morgan fingerprint density at radius 1 is 1.04 bits per heavy atom. The number of amides is 1. The molecule has 0 saturated heterocycles. The number of rotatable bonds is 5. The van der Waals surface area contributed by atoms with Crippen LogP contribution >= 0.6 is 11.8 Å². The van der Waals surface area contributed by atoms with Crippen molar-refractivity contribution in [2.24, 2.45) is 0 Å². The van der Waals surface area contributed by atoms with Gasteiger partial charge in [-0.2, -0.15) is 0 Å². The van der Waals surface area contributed by atoms with Gasteiger partial charge in [-0.1, -0.05) is 60.3 Å². The first kappa shape index (κ1) is 16.3. The van der Waals surface area contributed by atoms with Crippen molar-refractivity contribution < 1.29 is 4.79 Å². The Hall–Kier alpha value is -2.60. The maximum absolute atomic E-state index is 12.7. The van der Waals surface area contributed by atoms with Gasteiger partial charge in [-0.15, -0.1) is 10.2 Å². The van der Waals surface area contributed by atoms with Crippen LogP contribution in [0, 0.1) is 0 Å². The average Bonchev–Trinajstić information content (AvgIpc) is 3.09. The predicted octanol–water partition coefficient (Wildman–Crippen LogP) is 3.19. The molecule has 1 atom stereocenters. The summed E-state index contributed by atoms with van der Waals surface area (Å²) in [4.78, 5) is 14.3. The molecule has 0 saturated carbocycles. The molecule has 0 N–H and O–H groups in total. The van der Waals surface area contributed by atoms with Gasteiger partial charge in [0, 0.05) is 19.8 Å². The zero-order valence-corrected chi connectivity index (χ0v) is 14.4. The molecule has 1 aromatic heterocycles. The van der Waals surface area contributed by atoms with Crippen molar-refractivity contribution in [2.75, 3.05) is 14.1 Å². The molecule has 0 radical (unpaired) electrons. The van der Waals surface area contributed by atoms with Crippen molar-refractivity contribution in [1.29, 1.82) is 0 Å². The molecular formula is C18H18N4OS. The minimum absolute atomic E-state index is 0.0220. The number of hydrogen-bond acceptors (Lipinski definition) is 4. The highest BCUT2D eigenvalue weighted by atomic mass is 32.2. The molecule has 24 heavy (non-hydrogen) atoms. The molecule has 3 rings (SSSR count). The molecule has 0 aliphatic heterocycles. The van der Waals surface area contributed by atoms with Crippen LogP contribution in [-0.2, 0) is 4.79 Å². The summed E-state index contributed by atoms with van der Waals surface area (Å²) in [6, 6.07) is 19.6. The number of nitrogens with zero attached hydrogens (tertiary/aromatic N) is 4. The largest absolute Gasteiger partial charge is 0.348 e. The molecule has 1 unspecified atom stereocenters. The fraction of sp³-hybridized carbons (Fsp3) is 0.167. The lowest BCUT2D eigenvalue weighted by atomic mass is 10.1. The number of aromatic nitrogens is 3. The Kier molecular flexibility index (Phi) is 4.96. The second-order valence-corrected chi connectivity index (χ2v) is 6.53. The second kappa shape index (κ2) is 7.31. The molecule has 0 spiro atoms. The maximum Gasteiger partial charge on any atom is 0.240 e. The zero-order chi connectivity index (χ0) is 16.9. The van der Waals surface area contributed by atoms with Crippen molar-refractivity contribution in [3.63, 3.8) is 0 Å². The maximum atomic E-state index is 12.7. The second-order valence-electron chi connectivity index (χ2n) is 5.46. The summed E-state index contributed by atoms with van der Waals surface area (Å²) in [7, 11) is 3.53.